The minimum atomic E-state index is -3.12. The first kappa shape index (κ1) is 24.9. The van der Waals surface area contributed by atoms with Gasteiger partial charge in [0.25, 0.3) is 0 Å². The quantitative estimate of drug-likeness (QED) is 0.186. The molecule has 0 amide bonds. The van der Waals surface area contributed by atoms with Crippen molar-refractivity contribution in [3.05, 3.63) is 0 Å². The van der Waals surface area contributed by atoms with Crippen molar-refractivity contribution < 1.29 is 8.42 Å². The maximum atomic E-state index is 11.4. The summed E-state index contributed by atoms with van der Waals surface area (Å²) >= 11 is 0. The lowest BCUT2D eigenvalue weighted by Gasteiger charge is -2.29. The molecule has 0 aromatic rings. The van der Waals surface area contributed by atoms with Crippen LogP contribution in [-0.2, 0) is 10.0 Å². The van der Waals surface area contributed by atoms with Crippen LogP contribution in [0.4, 0.5) is 0 Å². The fourth-order valence-electron chi connectivity index (χ4n) is 2.60. The van der Waals surface area contributed by atoms with Gasteiger partial charge in [0.2, 0.25) is 10.0 Å². The van der Waals surface area contributed by atoms with E-state index < -0.39 is 10.0 Å². The maximum Gasteiger partial charge on any atom is 0.211 e. The molecule has 0 spiro atoms. The standard InChI is InChI=1S/C16H35N5O2S.HI/c1-4-17-16(19-10-11-20-24(22,23)5-2)18-9-6-12-21-13-7-15(3)8-14-21;/h15,20H,4-14H2,1-3H3,(H2,17,18,19);1H. The second-order valence-electron chi connectivity index (χ2n) is 6.36. The number of rotatable bonds is 10. The average Bonchev–Trinajstić information content (AvgIpc) is 2.57. The summed E-state index contributed by atoms with van der Waals surface area (Å²) in [5, 5.41) is 6.35. The van der Waals surface area contributed by atoms with Gasteiger partial charge in [0.15, 0.2) is 5.96 Å². The van der Waals surface area contributed by atoms with Crippen molar-refractivity contribution in [1.29, 1.82) is 0 Å². The molecule has 25 heavy (non-hydrogen) atoms. The number of piperidine rings is 1. The zero-order chi connectivity index (χ0) is 17.8. The summed E-state index contributed by atoms with van der Waals surface area (Å²) in [5.41, 5.74) is 0. The van der Waals surface area contributed by atoms with Gasteiger partial charge < -0.3 is 15.5 Å². The van der Waals surface area contributed by atoms with Crippen molar-refractivity contribution in [3.63, 3.8) is 0 Å². The predicted octanol–water partition coefficient (Wildman–Crippen LogP) is 1.22. The van der Waals surface area contributed by atoms with Gasteiger partial charge in [0.05, 0.1) is 5.75 Å². The third kappa shape index (κ3) is 12.0. The van der Waals surface area contributed by atoms with Gasteiger partial charge in [-0.3, -0.25) is 4.99 Å². The van der Waals surface area contributed by atoms with E-state index in [9.17, 15) is 8.42 Å². The van der Waals surface area contributed by atoms with Crippen molar-refractivity contribution in [3.8, 4) is 0 Å². The molecule has 0 atom stereocenters. The van der Waals surface area contributed by atoms with E-state index >= 15 is 0 Å². The second kappa shape index (κ2) is 14.0. The van der Waals surface area contributed by atoms with Crippen LogP contribution in [0.5, 0.6) is 0 Å². The Morgan fingerprint density at radius 2 is 1.84 bits per heavy atom. The molecule has 7 nitrogen and oxygen atoms in total. The van der Waals surface area contributed by atoms with E-state index in [0.717, 1.165) is 37.9 Å². The molecule has 0 unspecified atom stereocenters. The molecule has 9 heteroatoms. The lowest BCUT2D eigenvalue weighted by molar-refractivity contribution is 0.192. The Balaban J connectivity index is 0.00000576. The number of guanidine groups is 1. The fourth-order valence-corrected chi connectivity index (χ4v) is 3.22. The van der Waals surface area contributed by atoms with Gasteiger partial charge in [-0.15, -0.1) is 24.0 Å². The Kier molecular flexibility index (Phi) is 13.9. The monoisotopic (exact) mass is 489 g/mol. The maximum absolute atomic E-state index is 11.4. The topological polar surface area (TPSA) is 85.8 Å². The minimum absolute atomic E-state index is 0. The van der Waals surface area contributed by atoms with Crippen LogP contribution in [0.15, 0.2) is 4.99 Å². The molecule has 1 rings (SSSR count). The molecule has 1 fully saturated rings. The van der Waals surface area contributed by atoms with Crippen molar-refractivity contribution in [1.82, 2.24) is 20.3 Å². The van der Waals surface area contributed by atoms with E-state index in [1.165, 1.54) is 25.9 Å². The van der Waals surface area contributed by atoms with Crippen LogP contribution in [0, 0.1) is 5.92 Å². The molecular formula is C16H36IN5O2S. The largest absolute Gasteiger partial charge is 0.357 e. The Hall–Kier alpha value is -0.130. The van der Waals surface area contributed by atoms with Crippen LogP contribution in [-0.4, -0.2) is 70.8 Å². The summed E-state index contributed by atoms with van der Waals surface area (Å²) in [6.45, 7) is 12.0. The van der Waals surface area contributed by atoms with Gasteiger partial charge in [-0.2, -0.15) is 0 Å². The number of sulfonamides is 1. The molecule has 0 aliphatic carbocycles. The lowest BCUT2D eigenvalue weighted by atomic mass is 9.99. The molecule has 150 valence electrons. The van der Waals surface area contributed by atoms with Gasteiger partial charge in [-0.25, -0.2) is 13.1 Å². The Labute approximate surface area is 170 Å². The molecule has 3 N–H and O–H groups in total. The summed E-state index contributed by atoms with van der Waals surface area (Å²) in [5.74, 6) is 1.73. The number of hydrogen-bond donors (Lipinski definition) is 3. The molecule has 0 aromatic heterocycles. The Bertz CT molecular complexity index is 465. The van der Waals surface area contributed by atoms with E-state index in [0.29, 0.717) is 13.1 Å². The number of likely N-dealkylation sites (tertiary alicyclic amines) is 1. The molecular weight excluding hydrogens is 453 g/mol. The van der Waals surface area contributed by atoms with E-state index in [-0.39, 0.29) is 29.7 Å². The number of aliphatic imine (C=N–C) groups is 1. The highest BCUT2D eigenvalue weighted by Gasteiger charge is 2.14. The van der Waals surface area contributed by atoms with Gasteiger partial charge >= 0.3 is 0 Å². The number of halogens is 1. The third-order valence-corrected chi connectivity index (χ3v) is 5.65. The smallest absolute Gasteiger partial charge is 0.211 e. The zero-order valence-electron chi connectivity index (χ0n) is 15.9. The Morgan fingerprint density at radius 3 is 2.44 bits per heavy atom. The highest BCUT2D eigenvalue weighted by atomic mass is 127. The normalized spacial score (nSPS) is 17.2. The van der Waals surface area contributed by atoms with Crippen LogP contribution < -0.4 is 15.4 Å². The number of nitrogens with one attached hydrogen (secondary N) is 3. The van der Waals surface area contributed by atoms with Crippen LogP contribution in [0.25, 0.3) is 0 Å². The summed E-state index contributed by atoms with van der Waals surface area (Å²) in [7, 11) is -3.12. The average molecular weight is 489 g/mol. The number of hydrogen-bond acceptors (Lipinski definition) is 4. The molecule has 1 heterocycles. The first-order valence-corrected chi connectivity index (χ1v) is 10.8. The third-order valence-electron chi connectivity index (χ3n) is 4.24. The Morgan fingerprint density at radius 1 is 1.16 bits per heavy atom. The first-order valence-electron chi connectivity index (χ1n) is 9.18. The van der Waals surface area contributed by atoms with Gasteiger partial charge in [-0.05, 0) is 58.7 Å². The van der Waals surface area contributed by atoms with Crippen LogP contribution >= 0.6 is 24.0 Å². The number of nitrogens with zero attached hydrogens (tertiary/aromatic N) is 2. The van der Waals surface area contributed by atoms with E-state index in [1.54, 1.807) is 6.92 Å². The SMILES string of the molecule is CCNC(=NCCCN1CCC(C)CC1)NCCNS(=O)(=O)CC.I. The van der Waals surface area contributed by atoms with Crippen molar-refractivity contribution >= 4 is 40.0 Å². The fraction of sp³-hybridized carbons (Fsp3) is 0.938. The summed E-state index contributed by atoms with van der Waals surface area (Å²) in [6, 6.07) is 0. The molecule has 0 saturated carbocycles. The molecule has 0 bridgehead atoms. The van der Waals surface area contributed by atoms with Gasteiger partial charge in [-0.1, -0.05) is 6.92 Å². The van der Waals surface area contributed by atoms with E-state index in [4.69, 9.17) is 0 Å². The summed E-state index contributed by atoms with van der Waals surface area (Å²) in [6.07, 6.45) is 3.66. The van der Waals surface area contributed by atoms with Gasteiger partial charge in [0, 0.05) is 26.2 Å². The molecule has 1 aliphatic rings. The zero-order valence-corrected chi connectivity index (χ0v) is 19.0. The van der Waals surface area contributed by atoms with Crippen molar-refractivity contribution in [2.45, 2.75) is 40.0 Å². The highest BCUT2D eigenvalue weighted by Crippen LogP contribution is 2.15. The van der Waals surface area contributed by atoms with Crippen molar-refractivity contribution in [2.75, 3.05) is 51.6 Å². The highest BCUT2D eigenvalue weighted by molar-refractivity contribution is 14.0. The van der Waals surface area contributed by atoms with E-state index in [1.807, 2.05) is 6.92 Å². The molecule has 0 radical (unpaired) electrons. The van der Waals surface area contributed by atoms with Gasteiger partial charge in [0.1, 0.15) is 0 Å². The minimum Gasteiger partial charge on any atom is -0.357 e. The van der Waals surface area contributed by atoms with Crippen LogP contribution in [0.2, 0.25) is 0 Å². The molecule has 1 saturated heterocycles. The summed E-state index contributed by atoms with van der Waals surface area (Å²) < 4.78 is 25.3. The van der Waals surface area contributed by atoms with Crippen LogP contribution in [0.1, 0.15) is 40.0 Å². The van der Waals surface area contributed by atoms with Crippen LogP contribution in [0.3, 0.4) is 0 Å². The van der Waals surface area contributed by atoms with E-state index in [2.05, 4.69) is 32.2 Å². The molecule has 1 aliphatic heterocycles. The summed E-state index contributed by atoms with van der Waals surface area (Å²) in [4.78, 5) is 7.08. The predicted molar refractivity (Wildman–Crippen MR) is 116 cm³/mol. The lowest BCUT2D eigenvalue weighted by Crippen LogP contribution is -2.42. The first-order chi connectivity index (χ1) is 11.5. The second-order valence-corrected chi connectivity index (χ2v) is 8.46. The molecule has 0 aromatic carbocycles. The van der Waals surface area contributed by atoms with Crippen molar-refractivity contribution in [2.24, 2.45) is 10.9 Å².